The average molecular weight is 208 g/mol. The van der Waals surface area contributed by atoms with Gasteiger partial charge in [0.2, 0.25) is 0 Å². The van der Waals surface area contributed by atoms with Gasteiger partial charge in [-0.15, -0.1) is 0 Å². The first-order valence-electron chi connectivity index (χ1n) is 4.32. The standard InChI is InChI=1S/C9H20O3S/c1-8(2,3)12-7-13(10,11)9(4,5)6/h7H2,1-6H3. The van der Waals surface area contributed by atoms with E-state index in [0.29, 0.717) is 0 Å². The third-order valence-electron chi connectivity index (χ3n) is 1.58. The lowest BCUT2D eigenvalue weighted by Crippen LogP contribution is -2.34. The highest BCUT2D eigenvalue weighted by Gasteiger charge is 2.30. The fraction of sp³-hybridized carbons (Fsp3) is 1.00. The maximum atomic E-state index is 11.6. The van der Waals surface area contributed by atoms with Crippen molar-refractivity contribution in [2.75, 3.05) is 5.94 Å². The molecular formula is C9H20O3S. The molecule has 0 bridgehead atoms. The Morgan fingerprint density at radius 3 is 1.62 bits per heavy atom. The lowest BCUT2D eigenvalue weighted by molar-refractivity contribution is 0.0248. The molecule has 0 rings (SSSR count). The van der Waals surface area contributed by atoms with Gasteiger partial charge in [-0.2, -0.15) is 0 Å². The van der Waals surface area contributed by atoms with Crippen molar-refractivity contribution in [2.45, 2.75) is 51.9 Å². The van der Waals surface area contributed by atoms with Gasteiger partial charge in [0.15, 0.2) is 9.84 Å². The molecule has 0 N–H and O–H groups in total. The van der Waals surface area contributed by atoms with E-state index in [-0.39, 0.29) is 5.94 Å². The second kappa shape index (κ2) is 3.58. The lowest BCUT2D eigenvalue weighted by atomic mass is 10.2. The molecule has 0 aliphatic heterocycles. The molecule has 3 nitrogen and oxygen atoms in total. The first-order valence-corrected chi connectivity index (χ1v) is 5.97. The van der Waals surface area contributed by atoms with Crippen LogP contribution in [0.25, 0.3) is 0 Å². The Bertz CT molecular complexity index is 252. The van der Waals surface area contributed by atoms with Crippen molar-refractivity contribution in [3.05, 3.63) is 0 Å². The molecule has 0 saturated carbocycles. The fourth-order valence-electron chi connectivity index (χ4n) is 0.431. The summed E-state index contributed by atoms with van der Waals surface area (Å²) in [5, 5.41) is 0. The van der Waals surface area contributed by atoms with Crippen LogP contribution in [0.2, 0.25) is 0 Å². The van der Waals surface area contributed by atoms with Crippen LogP contribution in [-0.2, 0) is 14.6 Å². The Hall–Kier alpha value is -0.0900. The van der Waals surface area contributed by atoms with Crippen LogP contribution in [0.5, 0.6) is 0 Å². The van der Waals surface area contributed by atoms with Crippen LogP contribution < -0.4 is 0 Å². The zero-order valence-electron chi connectivity index (χ0n) is 9.34. The summed E-state index contributed by atoms with van der Waals surface area (Å²) >= 11 is 0. The minimum atomic E-state index is -3.15. The Morgan fingerprint density at radius 2 is 1.38 bits per heavy atom. The van der Waals surface area contributed by atoms with Gasteiger partial charge in [-0.1, -0.05) is 0 Å². The van der Waals surface area contributed by atoms with Crippen molar-refractivity contribution in [3.63, 3.8) is 0 Å². The van der Waals surface area contributed by atoms with Gasteiger partial charge in [-0.3, -0.25) is 0 Å². The minimum Gasteiger partial charge on any atom is -0.360 e. The molecule has 0 saturated heterocycles. The molecule has 0 fully saturated rings. The van der Waals surface area contributed by atoms with Crippen molar-refractivity contribution in [2.24, 2.45) is 0 Å². The largest absolute Gasteiger partial charge is 0.360 e. The Balaban J connectivity index is 4.40. The van der Waals surface area contributed by atoms with E-state index in [2.05, 4.69) is 0 Å². The van der Waals surface area contributed by atoms with Crippen molar-refractivity contribution >= 4 is 9.84 Å². The molecule has 0 aromatic heterocycles. The quantitative estimate of drug-likeness (QED) is 0.697. The topological polar surface area (TPSA) is 43.4 Å². The van der Waals surface area contributed by atoms with E-state index in [1.165, 1.54) is 0 Å². The molecule has 0 atom stereocenters. The SMILES string of the molecule is CC(C)(C)OCS(=O)(=O)C(C)(C)C. The molecule has 0 aromatic rings. The van der Waals surface area contributed by atoms with E-state index in [9.17, 15) is 8.42 Å². The first-order chi connectivity index (χ1) is 5.46. The normalized spacial score (nSPS) is 14.6. The van der Waals surface area contributed by atoms with Gasteiger partial charge in [0, 0.05) is 0 Å². The molecule has 0 amide bonds. The highest BCUT2D eigenvalue weighted by Crippen LogP contribution is 2.18. The second-order valence-corrected chi connectivity index (χ2v) is 7.79. The number of ether oxygens (including phenoxy) is 1. The molecule has 0 heterocycles. The summed E-state index contributed by atoms with van der Waals surface area (Å²) in [4.78, 5) is 0. The zero-order valence-corrected chi connectivity index (χ0v) is 10.2. The highest BCUT2D eigenvalue weighted by atomic mass is 32.2. The van der Waals surface area contributed by atoms with Crippen LogP contribution in [0, 0.1) is 0 Å². The van der Waals surface area contributed by atoms with Gasteiger partial charge >= 0.3 is 0 Å². The predicted octanol–water partition coefficient (Wildman–Crippen LogP) is 1.97. The van der Waals surface area contributed by atoms with Crippen LogP contribution in [0.3, 0.4) is 0 Å². The van der Waals surface area contributed by atoms with Crippen molar-refractivity contribution in [1.82, 2.24) is 0 Å². The molecule has 0 spiro atoms. The minimum absolute atomic E-state index is 0.208. The van der Waals surface area contributed by atoms with E-state index in [0.717, 1.165) is 0 Å². The lowest BCUT2D eigenvalue weighted by Gasteiger charge is -2.24. The predicted molar refractivity (Wildman–Crippen MR) is 54.4 cm³/mol. The van der Waals surface area contributed by atoms with Gasteiger partial charge in [0.1, 0.15) is 5.94 Å². The highest BCUT2D eigenvalue weighted by molar-refractivity contribution is 7.92. The van der Waals surface area contributed by atoms with Crippen LogP contribution in [0.4, 0.5) is 0 Å². The van der Waals surface area contributed by atoms with E-state index in [1.807, 2.05) is 20.8 Å². The molecule has 13 heavy (non-hydrogen) atoms. The molecule has 0 radical (unpaired) electrons. The molecule has 4 heteroatoms. The Morgan fingerprint density at radius 1 is 1.00 bits per heavy atom. The Labute approximate surface area is 81.4 Å². The molecule has 0 unspecified atom stereocenters. The summed E-state index contributed by atoms with van der Waals surface area (Å²) in [5.41, 5.74) is -0.404. The van der Waals surface area contributed by atoms with Crippen molar-refractivity contribution in [1.29, 1.82) is 0 Å². The van der Waals surface area contributed by atoms with Crippen LogP contribution in [-0.4, -0.2) is 24.7 Å². The summed E-state index contributed by atoms with van der Waals surface area (Å²) in [6, 6.07) is 0. The van der Waals surface area contributed by atoms with E-state index < -0.39 is 20.2 Å². The molecule has 80 valence electrons. The third-order valence-corrected chi connectivity index (χ3v) is 3.87. The van der Waals surface area contributed by atoms with Crippen molar-refractivity contribution < 1.29 is 13.2 Å². The monoisotopic (exact) mass is 208 g/mol. The van der Waals surface area contributed by atoms with E-state index >= 15 is 0 Å². The molecule has 0 aromatic carbocycles. The second-order valence-electron chi connectivity index (χ2n) is 5.10. The van der Waals surface area contributed by atoms with Gasteiger partial charge in [-0.25, -0.2) is 8.42 Å². The summed E-state index contributed by atoms with van der Waals surface area (Å²) in [6.07, 6.45) is 0. The van der Waals surface area contributed by atoms with Crippen LogP contribution in [0.15, 0.2) is 0 Å². The number of hydrogen-bond acceptors (Lipinski definition) is 3. The van der Waals surface area contributed by atoms with Gasteiger partial charge in [0.05, 0.1) is 10.3 Å². The summed E-state index contributed by atoms with van der Waals surface area (Å²) in [6.45, 7) is 10.5. The van der Waals surface area contributed by atoms with Gasteiger partial charge in [-0.05, 0) is 41.5 Å². The first kappa shape index (κ1) is 12.9. The number of sulfone groups is 1. The van der Waals surface area contributed by atoms with Gasteiger partial charge < -0.3 is 4.74 Å². The van der Waals surface area contributed by atoms with Gasteiger partial charge in [0.25, 0.3) is 0 Å². The van der Waals surface area contributed by atoms with Crippen molar-refractivity contribution in [3.8, 4) is 0 Å². The number of rotatable bonds is 2. The summed E-state index contributed by atoms with van der Waals surface area (Å²) in [5.74, 6) is -0.208. The van der Waals surface area contributed by atoms with Crippen LogP contribution in [0.1, 0.15) is 41.5 Å². The smallest absolute Gasteiger partial charge is 0.179 e. The zero-order chi connectivity index (χ0) is 10.9. The maximum absolute atomic E-state index is 11.6. The maximum Gasteiger partial charge on any atom is 0.179 e. The number of hydrogen-bond donors (Lipinski definition) is 0. The third kappa shape index (κ3) is 4.62. The van der Waals surface area contributed by atoms with E-state index in [4.69, 9.17) is 4.74 Å². The molecule has 0 aliphatic rings. The summed E-state index contributed by atoms with van der Waals surface area (Å²) in [7, 11) is -3.15. The Kier molecular flexibility index (Phi) is 3.55. The average Bonchev–Trinajstić information content (AvgIpc) is 1.79. The van der Waals surface area contributed by atoms with E-state index in [1.54, 1.807) is 20.8 Å². The fourth-order valence-corrected chi connectivity index (χ4v) is 1.29. The summed E-state index contributed by atoms with van der Waals surface area (Å²) < 4.78 is 27.6. The molecule has 0 aliphatic carbocycles. The molecular weight excluding hydrogens is 188 g/mol. The van der Waals surface area contributed by atoms with Crippen LogP contribution >= 0.6 is 0 Å².